The SMILES string of the molecule is C=C/C(C)=C\C(C)=C(C)C.CC. The van der Waals surface area contributed by atoms with E-state index >= 15 is 0 Å². The molecule has 0 aliphatic heterocycles. The Hall–Kier alpha value is -0.780. The summed E-state index contributed by atoms with van der Waals surface area (Å²) in [7, 11) is 0. The number of hydrogen-bond donors (Lipinski definition) is 0. The first-order valence-electron chi connectivity index (χ1n) is 4.52. The first-order valence-corrected chi connectivity index (χ1v) is 4.52. The van der Waals surface area contributed by atoms with Gasteiger partial charge in [0.25, 0.3) is 0 Å². The Labute approximate surface area is 77.7 Å². The van der Waals surface area contributed by atoms with Crippen molar-refractivity contribution >= 4 is 0 Å². The molecule has 0 fully saturated rings. The topological polar surface area (TPSA) is 0 Å². The van der Waals surface area contributed by atoms with Crippen molar-refractivity contribution in [2.75, 3.05) is 0 Å². The second-order valence-electron chi connectivity index (χ2n) is 2.78. The lowest BCUT2D eigenvalue weighted by molar-refractivity contribution is 1.28. The summed E-state index contributed by atoms with van der Waals surface area (Å²) in [4.78, 5) is 0. The van der Waals surface area contributed by atoms with Gasteiger partial charge in [-0.1, -0.05) is 49.3 Å². The van der Waals surface area contributed by atoms with Gasteiger partial charge < -0.3 is 0 Å². The van der Waals surface area contributed by atoms with Crippen LogP contribution in [0, 0.1) is 0 Å². The lowest BCUT2D eigenvalue weighted by Gasteiger charge is -1.96. The Morgan fingerprint density at radius 3 is 1.67 bits per heavy atom. The summed E-state index contributed by atoms with van der Waals surface area (Å²) in [6.07, 6.45) is 4.01. The van der Waals surface area contributed by atoms with Crippen molar-refractivity contribution in [2.45, 2.75) is 41.5 Å². The Balaban J connectivity index is 0. The van der Waals surface area contributed by atoms with Crippen LogP contribution in [0.1, 0.15) is 41.5 Å². The van der Waals surface area contributed by atoms with Crippen molar-refractivity contribution in [2.24, 2.45) is 0 Å². The van der Waals surface area contributed by atoms with Gasteiger partial charge in [-0.05, 0) is 27.7 Å². The molecule has 0 saturated carbocycles. The molecule has 0 nitrogen and oxygen atoms in total. The summed E-state index contributed by atoms with van der Waals surface area (Å²) >= 11 is 0. The molecule has 0 rings (SSSR count). The molecule has 0 aliphatic carbocycles. The summed E-state index contributed by atoms with van der Waals surface area (Å²) in [5, 5.41) is 0. The Morgan fingerprint density at radius 2 is 1.42 bits per heavy atom. The minimum Gasteiger partial charge on any atom is -0.0988 e. The van der Waals surface area contributed by atoms with Gasteiger partial charge in [0.1, 0.15) is 0 Å². The van der Waals surface area contributed by atoms with Gasteiger partial charge in [-0.2, -0.15) is 0 Å². The van der Waals surface area contributed by atoms with Crippen LogP contribution >= 0.6 is 0 Å². The van der Waals surface area contributed by atoms with Crippen LogP contribution in [-0.4, -0.2) is 0 Å². The molecule has 0 heterocycles. The van der Waals surface area contributed by atoms with E-state index in [1.165, 1.54) is 16.7 Å². The highest BCUT2D eigenvalue weighted by atomic mass is 13.9. The van der Waals surface area contributed by atoms with Crippen molar-refractivity contribution < 1.29 is 0 Å². The molecule has 0 heteroatoms. The molecule has 0 bridgehead atoms. The number of allylic oxidation sites excluding steroid dienone is 5. The van der Waals surface area contributed by atoms with Crippen LogP contribution in [0.5, 0.6) is 0 Å². The smallest absolute Gasteiger partial charge is 0.0398 e. The minimum atomic E-state index is 1.22. The third-order valence-electron chi connectivity index (χ3n) is 1.55. The molecule has 0 aromatic carbocycles. The normalized spacial score (nSPS) is 9.67. The molecule has 0 atom stereocenters. The molecule has 0 amide bonds. The number of rotatable bonds is 2. The molecule has 0 aromatic heterocycles. The molecule has 0 unspecified atom stereocenters. The fourth-order valence-electron chi connectivity index (χ4n) is 0.545. The van der Waals surface area contributed by atoms with Crippen LogP contribution < -0.4 is 0 Å². The summed E-state index contributed by atoms with van der Waals surface area (Å²) in [6.45, 7) is 16.1. The van der Waals surface area contributed by atoms with Crippen LogP contribution in [0.25, 0.3) is 0 Å². The second kappa shape index (κ2) is 8.32. The zero-order valence-corrected chi connectivity index (χ0v) is 9.36. The van der Waals surface area contributed by atoms with E-state index in [0.29, 0.717) is 0 Å². The van der Waals surface area contributed by atoms with Gasteiger partial charge in [-0.15, -0.1) is 0 Å². The second-order valence-corrected chi connectivity index (χ2v) is 2.78. The zero-order valence-electron chi connectivity index (χ0n) is 9.36. The van der Waals surface area contributed by atoms with Gasteiger partial charge in [0.2, 0.25) is 0 Å². The quantitative estimate of drug-likeness (QED) is 0.530. The molecular weight excluding hydrogens is 144 g/mol. The first-order chi connectivity index (χ1) is 5.57. The van der Waals surface area contributed by atoms with Crippen molar-refractivity contribution in [1.29, 1.82) is 0 Å². The van der Waals surface area contributed by atoms with Gasteiger partial charge >= 0.3 is 0 Å². The van der Waals surface area contributed by atoms with E-state index < -0.39 is 0 Å². The Kier molecular flexibility index (Phi) is 9.56. The standard InChI is InChI=1S/C10H16.C2H6/c1-6-9(4)7-10(5)8(2)3;1-2/h6-7H,1H2,2-5H3;1-2H3/b9-7-;. The highest BCUT2D eigenvalue weighted by molar-refractivity contribution is 5.28. The summed E-state index contributed by atoms with van der Waals surface area (Å²) in [6, 6.07) is 0. The Bertz CT molecular complexity index is 176. The fraction of sp³-hybridized carbons (Fsp3) is 0.500. The van der Waals surface area contributed by atoms with E-state index in [1.54, 1.807) is 0 Å². The zero-order chi connectivity index (χ0) is 10.1. The van der Waals surface area contributed by atoms with E-state index in [2.05, 4.69) is 40.3 Å². The van der Waals surface area contributed by atoms with E-state index in [0.717, 1.165) is 0 Å². The molecule has 0 aromatic rings. The average molecular weight is 166 g/mol. The van der Waals surface area contributed by atoms with E-state index in [-0.39, 0.29) is 0 Å². The molecule has 0 spiro atoms. The largest absolute Gasteiger partial charge is 0.0988 e. The molecule has 0 radical (unpaired) electrons. The minimum absolute atomic E-state index is 1.22. The van der Waals surface area contributed by atoms with Crippen LogP contribution in [-0.2, 0) is 0 Å². The van der Waals surface area contributed by atoms with Gasteiger partial charge in [0.15, 0.2) is 0 Å². The van der Waals surface area contributed by atoms with Gasteiger partial charge in [-0.3, -0.25) is 0 Å². The monoisotopic (exact) mass is 166 g/mol. The van der Waals surface area contributed by atoms with Crippen LogP contribution in [0.4, 0.5) is 0 Å². The molecule has 0 aliphatic rings. The highest BCUT2D eigenvalue weighted by Gasteiger charge is 1.86. The van der Waals surface area contributed by atoms with Crippen LogP contribution in [0.3, 0.4) is 0 Å². The molecule has 12 heavy (non-hydrogen) atoms. The van der Waals surface area contributed by atoms with Crippen molar-refractivity contribution in [3.05, 3.63) is 35.5 Å². The number of hydrogen-bond acceptors (Lipinski definition) is 0. The van der Waals surface area contributed by atoms with Gasteiger partial charge in [0.05, 0.1) is 0 Å². The third kappa shape index (κ3) is 7.33. The summed E-state index contributed by atoms with van der Waals surface area (Å²) in [5.74, 6) is 0. The highest BCUT2D eigenvalue weighted by Crippen LogP contribution is 2.06. The summed E-state index contributed by atoms with van der Waals surface area (Å²) < 4.78 is 0. The predicted octanol–water partition coefficient (Wildman–Crippen LogP) is 4.50. The average Bonchev–Trinajstić information content (AvgIpc) is 2.07. The predicted molar refractivity (Wildman–Crippen MR) is 59.4 cm³/mol. The maximum atomic E-state index is 3.68. The third-order valence-corrected chi connectivity index (χ3v) is 1.55. The fourth-order valence-corrected chi connectivity index (χ4v) is 0.545. The van der Waals surface area contributed by atoms with Gasteiger partial charge in [-0.25, -0.2) is 0 Å². The molecule has 0 saturated heterocycles. The van der Waals surface area contributed by atoms with Crippen LogP contribution in [0.2, 0.25) is 0 Å². The van der Waals surface area contributed by atoms with Crippen molar-refractivity contribution in [3.8, 4) is 0 Å². The first kappa shape index (κ1) is 13.8. The molecule has 0 N–H and O–H groups in total. The maximum absolute atomic E-state index is 3.68. The van der Waals surface area contributed by atoms with Crippen LogP contribution in [0.15, 0.2) is 35.5 Å². The van der Waals surface area contributed by atoms with E-state index in [1.807, 2.05) is 19.9 Å². The lowest BCUT2D eigenvalue weighted by Crippen LogP contribution is -1.75. The van der Waals surface area contributed by atoms with E-state index in [9.17, 15) is 0 Å². The molecule has 70 valence electrons. The lowest BCUT2D eigenvalue weighted by atomic mass is 10.1. The van der Waals surface area contributed by atoms with Crippen molar-refractivity contribution in [3.63, 3.8) is 0 Å². The summed E-state index contributed by atoms with van der Waals surface area (Å²) in [5.41, 5.74) is 3.91. The van der Waals surface area contributed by atoms with Crippen molar-refractivity contribution in [1.82, 2.24) is 0 Å². The Morgan fingerprint density at radius 1 is 1.00 bits per heavy atom. The maximum Gasteiger partial charge on any atom is -0.0398 e. The van der Waals surface area contributed by atoms with Gasteiger partial charge in [0, 0.05) is 0 Å². The molecular formula is C12H22. The van der Waals surface area contributed by atoms with E-state index in [4.69, 9.17) is 0 Å².